The third-order valence-electron chi connectivity index (χ3n) is 18.6. The van der Waals surface area contributed by atoms with E-state index in [0.717, 1.165) is 76.1 Å². The lowest BCUT2D eigenvalue weighted by Gasteiger charge is -2.46. The quantitative estimate of drug-likeness (QED) is 0.101. The van der Waals surface area contributed by atoms with Gasteiger partial charge in [-0.15, -0.1) is 0 Å². The van der Waals surface area contributed by atoms with Crippen LogP contribution in [0.15, 0.2) is 168 Å². The van der Waals surface area contributed by atoms with Gasteiger partial charge in [0.1, 0.15) is 5.58 Å². The summed E-state index contributed by atoms with van der Waals surface area (Å²) >= 11 is 0. The number of hydrogen-bond acceptors (Lipinski definition) is 4. The Morgan fingerprint density at radius 3 is 1.33 bits per heavy atom. The molecule has 0 fully saturated rings. The highest BCUT2D eigenvalue weighted by atomic mass is 16.3. The minimum Gasteiger partial charge on any atom is -0.454 e. The lowest BCUT2D eigenvalue weighted by molar-refractivity contribution is 0.506. The molecule has 0 N–H and O–H groups in total. The summed E-state index contributed by atoms with van der Waals surface area (Å²) in [5, 5.41) is 2.26. The van der Waals surface area contributed by atoms with Crippen molar-refractivity contribution >= 4 is 96.2 Å². The second-order valence-corrected chi connectivity index (χ2v) is 24.9. The molecule has 11 rings (SSSR count). The summed E-state index contributed by atoms with van der Waals surface area (Å²) in [6.45, 7) is 32.8. The zero-order valence-electron chi connectivity index (χ0n) is 47.8. The van der Waals surface area contributed by atoms with Crippen LogP contribution < -0.4 is 31.1 Å². The predicted octanol–water partition coefficient (Wildman–Crippen LogP) is 19.0. The lowest BCUT2D eigenvalue weighted by Crippen LogP contribution is -2.61. The first-order chi connectivity index (χ1) is 36.3. The Morgan fingerprint density at radius 1 is 0.434 bits per heavy atom. The van der Waals surface area contributed by atoms with Gasteiger partial charge >= 0.3 is 0 Å². The minimum atomic E-state index is -0.0493. The number of hydrogen-bond donors (Lipinski definition) is 0. The molecule has 4 nitrogen and oxygen atoms in total. The predicted molar refractivity (Wildman–Crippen MR) is 330 cm³/mol. The van der Waals surface area contributed by atoms with E-state index in [-0.39, 0.29) is 28.4 Å². The molecular formula is C71H78BN3O. The Hall–Kier alpha value is -6.98. The standard InChI is InChI=1S/C71H78BN3O/c1-15-68(7,8)47-30-36-52(37-31-47)74-60-40-34-49(70(11,12)17-3)42-58(60)72-59-43-50(71(13,14)18-4)35-41-61(59)75(53-38-32-48(33-39-53)69(9,10)16-2)64-45-54(44-63(74)65(64)72)73(51-24-20-19-21-25-51)62-29-23-28-57-56-27-22-26-55(46(5)6)66(56)76-67(57)62/h19-46H,15-18H2,1-14H3. The number of nitrogens with zero attached hydrogens (tertiary/aromatic N) is 3. The van der Waals surface area contributed by atoms with Crippen molar-refractivity contribution in [3.63, 3.8) is 0 Å². The second-order valence-electron chi connectivity index (χ2n) is 24.9. The molecule has 0 amide bonds. The van der Waals surface area contributed by atoms with Crippen LogP contribution in [0.1, 0.15) is 156 Å². The monoisotopic (exact) mass is 1000 g/mol. The van der Waals surface area contributed by atoms with E-state index in [2.05, 4.69) is 275 Å². The van der Waals surface area contributed by atoms with Gasteiger partial charge in [0, 0.05) is 50.6 Å². The van der Waals surface area contributed by atoms with Gasteiger partial charge in [-0.3, -0.25) is 0 Å². The number of para-hydroxylation sites is 3. The molecule has 0 spiro atoms. The van der Waals surface area contributed by atoms with Gasteiger partial charge in [-0.2, -0.15) is 0 Å². The molecule has 76 heavy (non-hydrogen) atoms. The molecule has 0 aliphatic carbocycles. The molecule has 9 aromatic rings. The van der Waals surface area contributed by atoms with Gasteiger partial charge in [0.25, 0.3) is 6.71 Å². The maximum Gasteiger partial charge on any atom is 0.252 e. The molecule has 2 aliphatic heterocycles. The van der Waals surface area contributed by atoms with Crippen LogP contribution in [0.5, 0.6) is 0 Å². The van der Waals surface area contributed by atoms with Gasteiger partial charge in [0.15, 0.2) is 5.58 Å². The van der Waals surface area contributed by atoms with Gasteiger partial charge in [-0.05, 0) is 164 Å². The first kappa shape index (κ1) is 51.1. The van der Waals surface area contributed by atoms with Gasteiger partial charge in [0.2, 0.25) is 0 Å². The van der Waals surface area contributed by atoms with Crippen LogP contribution in [0.4, 0.5) is 51.2 Å². The Morgan fingerprint density at radius 2 is 0.868 bits per heavy atom. The Bertz CT molecular complexity index is 3480. The average Bonchev–Trinajstić information content (AvgIpc) is 3.89. The molecule has 5 heteroatoms. The van der Waals surface area contributed by atoms with E-state index in [0.29, 0.717) is 5.92 Å². The number of benzene rings is 8. The van der Waals surface area contributed by atoms with Crippen LogP contribution in [0.3, 0.4) is 0 Å². The minimum absolute atomic E-state index is 0.0202. The van der Waals surface area contributed by atoms with Crippen molar-refractivity contribution in [1.82, 2.24) is 0 Å². The van der Waals surface area contributed by atoms with E-state index in [4.69, 9.17) is 4.42 Å². The first-order valence-corrected chi connectivity index (χ1v) is 28.4. The van der Waals surface area contributed by atoms with E-state index < -0.39 is 0 Å². The van der Waals surface area contributed by atoms with Crippen LogP contribution in [0, 0.1) is 0 Å². The average molecular weight is 1000 g/mol. The molecule has 2 aliphatic rings. The van der Waals surface area contributed by atoms with Gasteiger partial charge in [0.05, 0.1) is 11.4 Å². The fourth-order valence-electron chi connectivity index (χ4n) is 11.9. The largest absolute Gasteiger partial charge is 0.454 e. The smallest absolute Gasteiger partial charge is 0.252 e. The molecular weight excluding hydrogens is 922 g/mol. The van der Waals surface area contributed by atoms with Crippen LogP contribution >= 0.6 is 0 Å². The summed E-state index contributed by atoms with van der Waals surface area (Å²) in [6, 6.07) is 63.1. The zero-order valence-corrected chi connectivity index (χ0v) is 47.8. The van der Waals surface area contributed by atoms with E-state index in [1.807, 2.05) is 0 Å². The number of rotatable bonds is 14. The van der Waals surface area contributed by atoms with Crippen molar-refractivity contribution < 1.29 is 4.42 Å². The summed E-state index contributed by atoms with van der Waals surface area (Å²) < 4.78 is 7.20. The van der Waals surface area contributed by atoms with Crippen molar-refractivity contribution in [2.45, 2.75) is 150 Å². The van der Waals surface area contributed by atoms with E-state index >= 15 is 0 Å². The van der Waals surface area contributed by atoms with Crippen LogP contribution in [-0.4, -0.2) is 6.71 Å². The van der Waals surface area contributed by atoms with Crippen molar-refractivity contribution in [3.8, 4) is 0 Å². The van der Waals surface area contributed by atoms with E-state index in [9.17, 15) is 0 Å². The number of fused-ring (bicyclic) bond motifs is 7. The van der Waals surface area contributed by atoms with Gasteiger partial charge in [-0.25, -0.2) is 0 Å². The summed E-state index contributed by atoms with van der Waals surface area (Å²) in [6.07, 6.45) is 4.19. The maximum atomic E-state index is 7.20. The molecule has 0 bridgehead atoms. The first-order valence-electron chi connectivity index (χ1n) is 28.4. The molecule has 0 saturated heterocycles. The normalized spacial score (nSPS) is 13.6. The van der Waals surface area contributed by atoms with Crippen molar-refractivity contribution in [1.29, 1.82) is 0 Å². The highest BCUT2D eigenvalue weighted by Gasteiger charge is 2.45. The Labute approximate surface area is 454 Å². The number of anilines is 9. The van der Waals surface area contributed by atoms with Crippen LogP contribution in [0.2, 0.25) is 0 Å². The SMILES string of the molecule is CCC(C)(C)c1ccc(N2c3ccc(C(C)(C)CC)cc3B3c4cc(C(C)(C)CC)ccc4N(c4ccc(C(C)(C)CC)cc4)c4cc(N(c5ccccc5)c5cccc6c5oc5c(C(C)C)cccc56)cc2c43)cc1. The lowest BCUT2D eigenvalue weighted by atomic mass is 9.33. The topological polar surface area (TPSA) is 22.9 Å². The van der Waals surface area contributed by atoms with E-state index in [1.54, 1.807) is 0 Å². The Balaban J connectivity index is 1.28. The highest BCUT2D eigenvalue weighted by molar-refractivity contribution is 7.00. The maximum absolute atomic E-state index is 7.20. The van der Waals surface area contributed by atoms with Gasteiger partial charge in [-0.1, -0.05) is 194 Å². The number of furan rings is 1. The Kier molecular flexibility index (Phi) is 12.7. The third-order valence-corrected chi connectivity index (χ3v) is 18.6. The second kappa shape index (κ2) is 18.9. The molecule has 0 unspecified atom stereocenters. The molecule has 0 saturated carbocycles. The fourth-order valence-corrected chi connectivity index (χ4v) is 11.9. The van der Waals surface area contributed by atoms with Crippen molar-refractivity contribution in [3.05, 3.63) is 192 Å². The highest BCUT2D eigenvalue weighted by Crippen LogP contribution is 2.51. The summed E-state index contributed by atoms with van der Waals surface area (Å²) in [4.78, 5) is 7.64. The summed E-state index contributed by atoms with van der Waals surface area (Å²) in [5.41, 5.74) is 22.7. The molecule has 386 valence electrons. The molecule has 0 atom stereocenters. The van der Waals surface area contributed by atoms with Crippen molar-refractivity contribution in [2.24, 2.45) is 0 Å². The fraction of sp³-hybridized carbons (Fsp3) is 0.324. The zero-order chi connectivity index (χ0) is 53.6. The van der Waals surface area contributed by atoms with Crippen molar-refractivity contribution in [2.75, 3.05) is 14.7 Å². The summed E-state index contributed by atoms with van der Waals surface area (Å²) in [7, 11) is 0. The molecule has 0 radical (unpaired) electrons. The van der Waals surface area contributed by atoms with E-state index in [1.165, 1.54) is 67.0 Å². The molecule has 3 heterocycles. The molecule has 8 aromatic carbocycles. The third kappa shape index (κ3) is 8.35. The molecule has 1 aromatic heterocycles. The summed E-state index contributed by atoms with van der Waals surface area (Å²) in [5.74, 6) is 0.305. The van der Waals surface area contributed by atoms with Gasteiger partial charge < -0.3 is 19.1 Å². The van der Waals surface area contributed by atoms with Crippen LogP contribution in [-0.2, 0) is 21.7 Å². The van der Waals surface area contributed by atoms with Crippen LogP contribution in [0.25, 0.3) is 21.9 Å².